The second kappa shape index (κ2) is 6.69. The largest absolute Gasteiger partial charge is 0.490 e. The smallest absolute Gasteiger partial charge is 0.276 e. The quantitative estimate of drug-likeness (QED) is 0.464. The van der Waals surface area contributed by atoms with E-state index in [9.17, 15) is 14.5 Å². The zero-order chi connectivity index (χ0) is 15.2. The van der Waals surface area contributed by atoms with E-state index in [0.717, 1.165) is 0 Å². The molecule has 6 heteroatoms. The normalized spacial score (nSPS) is 10.2. The fourth-order valence-corrected chi connectivity index (χ4v) is 1.80. The molecule has 0 heterocycles. The topological polar surface area (TPSA) is 61.6 Å². The molecule has 0 aliphatic carbocycles. The van der Waals surface area contributed by atoms with Gasteiger partial charge in [-0.15, -0.1) is 0 Å². The van der Waals surface area contributed by atoms with E-state index in [-0.39, 0.29) is 24.7 Å². The minimum Gasteiger partial charge on any atom is -0.490 e. The van der Waals surface area contributed by atoms with Crippen molar-refractivity contribution in [3.8, 4) is 11.5 Å². The van der Waals surface area contributed by atoms with E-state index in [1.54, 1.807) is 19.1 Å². The van der Waals surface area contributed by atoms with E-state index < -0.39 is 4.92 Å². The minimum absolute atomic E-state index is 0.0203. The molecule has 0 bridgehead atoms. The Morgan fingerprint density at radius 3 is 2.43 bits per heavy atom. The highest BCUT2D eigenvalue weighted by Crippen LogP contribution is 2.26. The average molecular weight is 291 g/mol. The lowest BCUT2D eigenvalue weighted by molar-refractivity contribution is -0.385. The standard InChI is InChI=1S/C15H14FNO4/c1-11-14(17(18)19)3-2-4-15(11)21-10-9-20-13-7-5-12(16)6-8-13/h2-8H,9-10H2,1H3. The van der Waals surface area contributed by atoms with Crippen LogP contribution < -0.4 is 9.47 Å². The third-order valence-corrected chi connectivity index (χ3v) is 2.88. The molecule has 2 aromatic carbocycles. The number of hydrogen-bond acceptors (Lipinski definition) is 4. The molecule has 5 nitrogen and oxygen atoms in total. The second-order valence-corrected chi connectivity index (χ2v) is 4.31. The molecule has 0 unspecified atom stereocenters. The summed E-state index contributed by atoms with van der Waals surface area (Å²) in [6.45, 7) is 2.13. The first-order chi connectivity index (χ1) is 10.1. The van der Waals surface area contributed by atoms with Gasteiger partial charge in [-0.3, -0.25) is 10.1 Å². The van der Waals surface area contributed by atoms with Crippen molar-refractivity contribution in [3.05, 3.63) is 64.0 Å². The Morgan fingerprint density at radius 1 is 1.10 bits per heavy atom. The number of benzene rings is 2. The molecule has 0 amide bonds. The van der Waals surface area contributed by atoms with Gasteiger partial charge in [0, 0.05) is 6.07 Å². The lowest BCUT2D eigenvalue weighted by Crippen LogP contribution is -2.10. The van der Waals surface area contributed by atoms with Gasteiger partial charge in [-0.1, -0.05) is 6.07 Å². The predicted molar refractivity (Wildman–Crippen MR) is 75.2 cm³/mol. The van der Waals surface area contributed by atoms with Gasteiger partial charge >= 0.3 is 0 Å². The van der Waals surface area contributed by atoms with Crippen molar-refractivity contribution in [2.24, 2.45) is 0 Å². The van der Waals surface area contributed by atoms with Gasteiger partial charge in [0.1, 0.15) is 30.5 Å². The Morgan fingerprint density at radius 2 is 1.76 bits per heavy atom. The molecule has 2 aromatic rings. The van der Waals surface area contributed by atoms with E-state index in [1.165, 1.54) is 30.3 Å². The molecule has 0 N–H and O–H groups in total. The zero-order valence-corrected chi connectivity index (χ0v) is 11.4. The maximum Gasteiger partial charge on any atom is 0.276 e. The number of nitrogens with zero attached hydrogens (tertiary/aromatic N) is 1. The van der Waals surface area contributed by atoms with Crippen molar-refractivity contribution < 1.29 is 18.8 Å². The molecule has 0 saturated carbocycles. The summed E-state index contributed by atoms with van der Waals surface area (Å²) in [5.74, 6) is 0.661. The number of nitro benzene ring substituents is 1. The van der Waals surface area contributed by atoms with Gasteiger partial charge in [0.15, 0.2) is 0 Å². The summed E-state index contributed by atoms with van der Waals surface area (Å²) in [6.07, 6.45) is 0. The van der Waals surface area contributed by atoms with Gasteiger partial charge in [0.25, 0.3) is 5.69 Å². The summed E-state index contributed by atoms with van der Waals surface area (Å²) in [5.41, 5.74) is 0.497. The van der Waals surface area contributed by atoms with Crippen LogP contribution in [0.15, 0.2) is 42.5 Å². The lowest BCUT2D eigenvalue weighted by atomic mass is 10.2. The molecule has 0 atom stereocenters. The number of halogens is 1. The van der Waals surface area contributed by atoms with Crippen LogP contribution in [-0.2, 0) is 0 Å². The summed E-state index contributed by atoms with van der Waals surface area (Å²) in [4.78, 5) is 10.4. The van der Waals surface area contributed by atoms with E-state index in [4.69, 9.17) is 9.47 Å². The van der Waals surface area contributed by atoms with Gasteiger partial charge in [-0.05, 0) is 37.3 Å². The van der Waals surface area contributed by atoms with Gasteiger partial charge in [-0.25, -0.2) is 4.39 Å². The van der Waals surface area contributed by atoms with Crippen LogP contribution >= 0.6 is 0 Å². The number of rotatable bonds is 6. The highest BCUT2D eigenvalue weighted by molar-refractivity contribution is 5.48. The van der Waals surface area contributed by atoms with E-state index >= 15 is 0 Å². The van der Waals surface area contributed by atoms with Gasteiger partial charge in [0.2, 0.25) is 0 Å². The predicted octanol–water partition coefficient (Wildman–Crippen LogP) is 3.50. The Kier molecular flexibility index (Phi) is 4.71. The van der Waals surface area contributed by atoms with E-state index in [2.05, 4.69) is 0 Å². The second-order valence-electron chi connectivity index (χ2n) is 4.31. The fourth-order valence-electron chi connectivity index (χ4n) is 1.80. The van der Waals surface area contributed by atoms with Crippen molar-refractivity contribution in [3.63, 3.8) is 0 Å². The first kappa shape index (κ1) is 14.8. The zero-order valence-electron chi connectivity index (χ0n) is 11.4. The summed E-state index contributed by atoms with van der Waals surface area (Å²) in [5, 5.41) is 10.8. The number of nitro groups is 1. The van der Waals surface area contributed by atoms with Crippen LogP contribution in [0.3, 0.4) is 0 Å². The fraction of sp³-hybridized carbons (Fsp3) is 0.200. The highest BCUT2D eigenvalue weighted by Gasteiger charge is 2.13. The van der Waals surface area contributed by atoms with Crippen molar-refractivity contribution in [1.29, 1.82) is 0 Å². The summed E-state index contributed by atoms with van der Waals surface area (Å²) in [6, 6.07) is 10.3. The summed E-state index contributed by atoms with van der Waals surface area (Å²) in [7, 11) is 0. The lowest BCUT2D eigenvalue weighted by Gasteiger charge is -2.10. The summed E-state index contributed by atoms with van der Waals surface area (Å²) < 4.78 is 23.6. The van der Waals surface area contributed by atoms with Crippen LogP contribution in [0.1, 0.15) is 5.56 Å². The van der Waals surface area contributed by atoms with Gasteiger partial charge in [0.05, 0.1) is 10.5 Å². The molecule has 110 valence electrons. The van der Waals surface area contributed by atoms with Crippen LogP contribution in [0.4, 0.5) is 10.1 Å². The van der Waals surface area contributed by atoms with Gasteiger partial charge < -0.3 is 9.47 Å². The third kappa shape index (κ3) is 3.92. The van der Waals surface area contributed by atoms with Crippen molar-refractivity contribution >= 4 is 5.69 Å². The van der Waals surface area contributed by atoms with Crippen molar-refractivity contribution in [1.82, 2.24) is 0 Å². The van der Waals surface area contributed by atoms with Crippen LogP contribution in [0.25, 0.3) is 0 Å². The average Bonchev–Trinajstić information content (AvgIpc) is 2.46. The van der Waals surface area contributed by atoms with Crippen molar-refractivity contribution in [2.75, 3.05) is 13.2 Å². The van der Waals surface area contributed by atoms with E-state index in [0.29, 0.717) is 17.1 Å². The monoisotopic (exact) mass is 291 g/mol. The molecule has 0 saturated heterocycles. The van der Waals surface area contributed by atoms with Crippen molar-refractivity contribution in [2.45, 2.75) is 6.92 Å². The number of hydrogen-bond donors (Lipinski definition) is 0. The molecule has 0 aromatic heterocycles. The Bertz CT molecular complexity index is 628. The maximum absolute atomic E-state index is 12.7. The first-order valence-corrected chi connectivity index (χ1v) is 6.33. The Balaban J connectivity index is 1.88. The Labute approximate surface area is 121 Å². The SMILES string of the molecule is Cc1c(OCCOc2ccc(F)cc2)cccc1[N+](=O)[O-]. The molecule has 0 aliphatic heterocycles. The van der Waals surface area contributed by atoms with Crippen LogP contribution in [-0.4, -0.2) is 18.1 Å². The van der Waals surface area contributed by atoms with Crippen LogP contribution in [0.5, 0.6) is 11.5 Å². The third-order valence-electron chi connectivity index (χ3n) is 2.88. The molecule has 0 fully saturated rings. The molecule has 0 aliphatic rings. The summed E-state index contributed by atoms with van der Waals surface area (Å²) >= 11 is 0. The van der Waals surface area contributed by atoms with Crippen LogP contribution in [0.2, 0.25) is 0 Å². The molecule has 0 spiro atoms. The number of ether oxygens (including phenoxy) is 2. The molecule has 0 radical (unpaired) electrons. The van der Waals surface area contributed by atoms with Gasteiger partial charge in [-0.2, -0.15) is 0 Å². The first-order valence-electron chi connectivity index (χ1n) is 6.33. The highest BCUT2D eigenvalue weighted by atomic mass is 19.1. The molecular formula is C15H14FNO4. The minimum atomic E-state index is -0.447. The maximum atomic E-state index is 12.7. The van der Waals surface area contributed by atoms with E-state index in [1.807, 2.05) is 0 Å². The Hall–Kier alpha value is -2.63. The molecule has 2 rings (SSSR count). The van der Waals surface area contributed by atoms with Crippen LogP contribution in [0, 0.1) is 22.9 Å². The molecule has 21 heavy (non-hydrogen) atoms. The molecular weight excluding hydrogens is 277 g/mol.